The molecule has 1 aromatic heterocycles. The van der Waals surface area contributed by atoms with Crippen molar-refractivity contribution in [1.82, 2.24) is 10.2 Å². The molecule has 2 aromatic rings. The summed E-state index contributed by atoms with van der Waals surface area (Å²) in [5.41, 5.74) is 0.286. The van der Waals surface area contributed by atoms with E-state index in [1.165, 1.54) is 7.11 Å². The molecule has 0 unspecified atom stereocenters. The third kappa shape index (κ3) is 3.28. The van der Waals surface area contributed by atoms with Gasteiger partial charge < -0.3 is 23.9 Å². The SMILES string of the molecule is COC(=O)c1oc(CN2C(=O)N[C@@](C)(Cc3ccc4c(c3)OCO4)C2=O)cc1C. The van der Waals surface area contributed by atoms with Gasteiger partial charge in [0.25, 0.3) is 5.91 Å². The number of hydrogen-bond donors (Lipinski definition) is 1. The number of carbonyl (C=O) groups excluding carboxylic acids is 3. The van der Waals surface area contributed by atoms with E-state index >= 15 is 0 Å². The van der Waals surface area contributed by atoms with Crippen molar-refractivity contribution < 1.29 is 33.0 Å². The van der Waals surface area contributed by atoms with Gasteiger partial charge in [0.15, 0.2) is 11.5 Å². The number of nitrogens with zero attached hydrogens (tertiary/aromatic N) is 1. The van der Waals surface area contributed by atoms with Gasteiger partial charge in [0.05, 0.1) is 13.7 Å². The average molecular weight is 400 g/mol. The fraction of sp³-hybridized carbons (Fsp3) is 0.350. The van der Waals surface area contributed by atoms with Gasteiger partial charge in [-0.05, 0) is 37.6 Å². The van der Waals surface area contributed by atoms with Crippen LogP contribution in [0.1, 0.15) is 34.4 Å². The van der Waals surface area contributed by atoms with E-state index in [4.69, 9.17) is 13.9 Å². The predicted octanol–water partition coefficient (Wildman–Crippen LogP) is 2.16. The number of esters is 1. The summed E-state index contributed by atoms with van der Waals surface area (Å²) in [7, 11) is 1.25. The summed E-state index contributed by atoms with van der Waals surface area (Å²) in [5.74, 6) is 0.641. The van der Waals surface area contributed by atoms with E-state index in [2.05, 4.69) is 10.1 Å². The van der Waals surface area contributed by atoms with Crippen LogP contribution in [0.5, 0.6) is 11.5 Å². The van der Waals surface area contributed by atoms with Gasteiger partial charge in [-0.3, -0.25) is 9.69 Å². The topological polar surface area (TPSA) is 107 Å². The van der Waals surface area contributed by atoms with Crippen LogP contribution in [0.2, 0.25) is 0 Å². The fourth-order valence-electron chi connectivity index (χ4n) is 3.55. The molecule has 2 aliphatic heterocycles. The quantitative estimate of drug-likeness (QED) is 0.605. The predicted molar refractivity (Wildman–Crippen MR) is 98.5 cm³/mol. The van der Waals surface area contributed by atoms with E-state index in [0.29, 0.717) is 22.8 Å². The van der Waals surface area contributed by atoms with Crippen molar-refractivity contribution in [3.63, 3.8) is 0 Å². The maximum absolute atomic E-state index is 13.0. The summed E-state index contributed by atoms with van der Waals surface area (Å²) >= 11 is 0. The first-order valence-corrected chi connectivity index (χ1v) is 9.01. The van der Waals surface area contributed by atoms with Crippen LogP contribution < -0.4 is 14.8 Å². The molecule has 152 valence electrons. The molecule has 2 aliphatic rings. The van der Waals surface area contributed by atoms with Crippen LogP contribution in [-0.2, 0) is 22.5 Å². The lowest BCUT2D eigenvalue weighted by Crippen LogP contribution is -2.45. The van der Waals surface area contributed by atoms with Gasteiger partial charge in [-0.15, -0.1) is 0 Å². The molecule has 0 saturated carbocycles. The Labute approximate surface area is 166 Å². The summed E-state index contributed by atoms with van der Waals surface area (Å²) in [6.45, 7) is 3.44. The Balaban J connectivity index is 1.52. The standard InChI is InChI=1S/C20H20N2O7/c1-11-6-13(29-16(11)17(23)26-3)9-22-18(24)20(2,21-19(22)25)8-12-4-5-14-15(7-12)28-10-27-14/h4-7H,8-10H2,1-3H3,(H,21,25)/t20-/m0/s1. The number of rotatable bonds is 5. The van der Waals surface area contributed by atoms with Crippen molar-refractivity contribution in [3.05, 3.63) is 46.9 Å². The van der Waals surface area contributed by atoms with Gasteiger partial charge in [-0.25, -0.2) is 9.59 Å². The van der Waals surface area contributed by atoms with E-state index in [0.717, 1.165) is 10.5 Å². The smallest absolute Gasteiger partial charge is 0.374 e. The largest absolute Gasteiger partial charge is 0.463 e. The number of carbonyl (C=O) groups is 3. The van der Waals surface area contributed by atoms with E-state index in [-0.39, 0.29) is 31.4 Å². The number of imide groups is 1. The van der Waals surface area contributed by atoms with Crippen molar-refractivity contribution in [2.24, 2.45) is 0 Å². The molecule has 0 bridgehead atoms. The van der Waals surface area contributed by atoms with Crippen LogP contribution in [0.3, 0.4) is 0 Å². The maximum Gasteiger partial charge on any atom is 0.374 e. The van der Waals surface area contributed by atoms with Crippen LogP contribution in [-0.4, -0.2) is 42.2 Å². The number of ether oxygens (including phenoxy) is 3. The first-order chi connectivity index (χ1) is 13.8. The van der Waals surface area contributed by atoms with Crippen LogP contribution in [0.25, 0.3) is 0 Å². The van der Waals surface area contributed by atoms with Crippen molar-refractivity contribution in [1.29, 1.82) is 0 Å². The highest BCUT2D eigenvalue weighted by Gasteiger charge is 2.48. The number of furan rings is 1. The van der Waals surface area contributed by atoms with E-state index < -0.39 is 17.5 Å². The van der Waals surface area contributed by atoms with Gasteiger partial charge in [-0.2, -0.15) is 0 Å². The van der Waals surface area contributed by atoms with Crippen LogP contribution in [0.15, 0.2) is 28.7 Å². The monoisotopic (exact) mass is 400 g/mol. The number of methoxy groups -OCH3 is 1. The van der Waals surface area contributed by atoms with Gasteiger partial charge >= 0.3 is 12.0 Å². The normalized spacial score (nSPS) is 20.2. The van der Waals surface area contributed by atoms with Gasteiger partial charge in [0, 0.05) is 12.0 Å². The Hall–Kier alpha value is -3.49. The van der Waals surface area contributed by atoms with Crippen molar-refractivity contribution in [2.75, 3.05) is 13.9 Å². The Morgan fingerprint density at radius 1 is 1.24 bits per heavy atom. The lowest BCUT2D eigenvalue weighted by Gasteiger charge is -2.21. The molecule has 9 heteroatoms. The Morgan fingerprint density at radius 2 is 2.00 bits per heavy atom. The molecule has 0 aliphatic carbocycles. The van der Waals surface area contributed by atoms with Crippen molar-refractivity contribution in [2.45, 2.75) is 32.4 Å². The lowest BCUT2D eigenvalue weighted by atomic mass is 9.92. The van der Waals surface area contributed by atoms with E-state index in [1.54, 1.807) is 32.0 Å². The Kier molecular flexibility index (Phi) is 4.45. The summed E-state index contributed by atoms with van der Waals surface area (Å²) < 4.78 is 20.8. The highest BCUT2D eigenvalue weighted by Crippen LogP contribution is 2.34. The molecule has 3 amide bonds. The molecule has 3 heterocycles. The summed E-state index contributed by atoms with van der Waals surface area (Å²) in [6, 6.07) is 6.50. The average Bonchev–Trinajstić information content (AvgIpc) is 3.34. The van der Waals surface area contributed by atoms with E-state index in [1.807, 2.05) is 6.07 Å². The number of benzene rings is 1. The first kappa shape index (κ1) is 18.9. The fourth-order valence-corrected chi connectivity index (χ4v) is 3.55. The molecular weight excluding hydrogens is 380 g/mol. The highest BCUT2D eigenvalue weighted by atomic mass is 16.7. The third-order valence-corrected chi connectivity index (χ3v) is 4.99. The Bertz CT molecular complexity index is 1010. The second-order valence-electron chi connectivity index (χ2n) is 7.23. The zero-order chi connectivity index (χ0) is 20.8. The molecule has 4 rings (SSSR count). The minimum absolute atomic E-state index is 0.0534. The van der Waals surface area contributed by atoms with Crippen LogP contribution >= 0.6 is 0 Å². The highest BCUT2D eigenvalue weighted by molar-refractivity contribution is 6.06. The zero-order valence-corrected chi connectivity index (χ0v) is 16.2. The van der Waals surface area contributed by atoms with Crippen molar-refractivity contribution in [3.8, 4) is 11.5 Å². The molecular formula is C20H20N2O7. The maximum atomic E-state index is 13.0. The number of hydrogen-bond acceptors (Lipinski definition) is 7. The van der Waals surface area contributed by atoms with Gasteiger partial charge in [0.1, 0.15) is 11.3 Å². The number of nitrogens with one attached hydrogen (secondary N) is 1. The van der Waals surface area contributed by atoms with Crippen LogP contribution in [0, 0.1) is 6.92 Å². The molecule has 0 radical (unpaired) electrons. The minimum atomic E-state index is -1.11. The molecule has 1 N–H and O–H groups in total. The molecule has 0 spiro atoms. The number of fused-ring (bicyclic) bond motifs is 1. The second-order valence-corrected chi connectivity index (χ2v) is 7.23. The minimum Gasteiger partial charge on any atom is -0.463 e. The number of amides is 3. The lowest BCUT2D eigenvalue weighted by molar-refractivity contribution is -0.131. The molecule has 1 fully saturated rings. The summed E-state index contributed by atoms with van der Waals surface area (Å²) in [6.07, 6.45) is 0.287. The van der Waals surface area contributed by atoms with Crippen molar-refractivity contribution >= 4 is 17.9 Å². The van der Waals surface area contributed by atoms with Crippen LogP contribution in [0.4, 0.5) is 4.79 Å². The van der Waals surface area contributed by atoms with Gasteiger partial charge in [0.2, 0.25) is 12.6 Å². The summed E-state index contributed by atoms with van der Waals surface area (Å²) in [5, 5.41) is 2.75. The van der Waals surface area contributed by atoms with Gasteiger partial charge in [-0.1, -0.05) is 6.07 Å². The second kappa shape index (κ2) is 6.84. The molecule has 1 atom stereocenters. The molecule has 1 saturated heterocycles. The molecule has 9 nitrogen and oxygen atoms in total. The number of aryl methyl sites for hydroxylation is 1. The first-order valence-electron chi connectivity index (χ1n) is 9.01. The Morgan fingerprint density at radius 3 is 2.76 bits per heavy atom. The van der Waals surface area contributed by atoms with E-state index in [9.17, 15) is 14.4 Å². The number of urea groups is 1. The summed E-state index contributed by atoms with van der Waals surface area (Å²) in [4.78, 5) is 38.3. The molecule has 29 heavy (non-hydrogen) atoms. The zero-order valence-electron chi connectivity index (χ0n) is 16.2. The molecule has 1 aromatic carbocycles. The third-order valence-electron chi connectivity index (χ3n) is 4.99.